The van der Waals surface area contributed by atoms with Gasteiger partial charge in [0.15, 0.2) is 0 Å². The molecule has 0 aliphatic rings. The van der Waals surface area contributed by atoms with E-state index in [9.17, 15) is 4.79 Å². The maximum Gasteiger partial charge on any atom is 0.241 e. The highest BCUT2D eigenvalue weighted by Gasteiger charge is 2.01. The van der Waals surface area contributed by atoms with Gasteiger partial charge in [-0.2, -0.15) is 5.10 Å². The van der Waals surface area contributed by atoms with E-state index >= 15 is 0 Å². The monoisotopic (exact) mass is 216 g/mol. The minimum atomic E-state index is -0.0551. The Bertz CT molecular complexity index is 438. The number of hydrogen-bond acceptors (Lipinski definition) is 3. The topological polar surface area (TPSA) is 59.8 Å². The molecular weight excluding hydrogens is 204 g/mol. The van der Waals surface area contributed by atoms with E-state index in [4.69, 9.17) is 0 Å². The fourth-order valence-corrected chi connectivity index (χ4v) is 1.30. The number of aromatic nitrogens is 3. The van der Waals surface area contributed by atoms with Crippen LogP contribution in [0.1, 0.15) is 5.56 Å². The van der Waals surface area contributed by atoms with Gasteiger partial charge in [0.25, 0.3) is 0 Å². The Hall–Kier alpha value is -2.17. The van der Waals surface area contributed by atoms with Crippen molar-refractivity contribution in [3.05, 3.63) is 48.5 Å². The Morgan fingerprint density at radius 2 is 2.12 bits per heavy atom. The largest absolute Gasteiger partial charge is 0.350 e. The van der Waals surface area contributed by atoms with E-state index in [-0.39, 0.29) is 12.5 Å². The van der Waals surface area contributed by atoms with Crippen LogP contribution in [0.3, 0.4) is 0 Å². The van der Waals surface area contributed by atoms with Crippen molar-refractivity contribution in [1.29, 1.82) is 0 Å². The first-order valence-corrected chi connectivity index (χ1v) is 4.97. The van der Waals surface area contributed by atoms with Crippen LogP contribution in [0.5, 0.6) is 0 Å². The van der Waals surface area contributed by atoms with E-state index in [1.165, 1.54) is 0 Å². The summed E-state index contributed by atoms with van der Waals surface area (Å²) in [7, 11) is 0. The third-order valence-electron chi connectivity index (χ3n) is 2.10. The number of nitrogens with one attached hydrogen (secondary N) is 1. The maximum atomic E-state index is 11.5. The second-order valence-electron chi connectivity index (χ2n) is 3.34. The van der Waals surface area contributed by atoms with Gasteiger partial charge in [-0.15, -0.1) is 0 Å². The summed E-state index contributed by atoms with van der Waals surface area (Å²) in [5, 5.41) is 6.77. The average Bonchev–Trinajstić information content (AvgIpc) is 2.81. The highest BCUT2D eigenvalue weighted by atomic mass is 16.2. The normalized spacial score (nSPS) is 10.0. The van der Waals surface area contributed by atoms with E-state index in [2.05, 4.69) is 15.4 Å². The van der Waals surface area contributed by atoms with Gasteiger partial charge in [-0.05, 0) is 23.8 Å². The van der Waals surface area contributed by atoms with E-state index in [0.717, 1.165) is 5.56 Å². The van der Waals surface area contributed by atoms with Gasteiger partial charge >= 0.3 is 0 Å². The van der Waals surface area contributed by atoms with Gasteiger partial charge in [0, 0.05) is 31.3 Å². The van der Waals surface area contributed by atoms with Crippen LogP contribution in [0.2, 0.25) is 0 Å². The molecule has 0 radical (unpaired) electrons. The van der Waals surface area contributed by atoms with Crippen LogP contribution < -0.4 is 5.32 Å². The quantitative estimate of drug-likeness (QED) is 0.814. The molecular formula is C11H12N4O. The molecule has 82 valence electrons. The molecule has 1 N–H and O–H groups in total. The summed E-state index contributed by atoms with van der Waals surface area (Å²) in [6.07, 6.45) is 6.81. The summed E-state index contributed by atoms with van der Waals surface area (Å²) in [5.41, 5.74) is 1.03. The minimum absolute atomic E-state index is 0.0551. The van der Waals surface area contributed by atoms with Crippen molar-refractivity contribution in [2.45, 2.75) is 13.1 Å². The second-order valence-corrected chi connectivity index (χ2v) is 3.34. The summed E-state index contributed by atoms with van der Waals surface area (Å²) in [5.74, 6) is -0.0551. The number of pyridine rings is 1. The lowest BCUT2D eigenvalue weighted by Crippen LogP contribution is -2.27. The lowest BCUT2D eigenvalue weighted by Gasteiger charge is -2.04. The standard InChI is InChI=1S/C11H12N4O/c16-11(9-15-7-1-4-14-15)13-8-10-2-5-12-6-3-10/h1-7H,8-9H2,(H,13,16). The van der Waals surface area contributed by atoms with E-state index in [1.54, 1.807) is 35.5 Å². The molecule has 2 heterocycles. The Kier molecular flexibility index (Phi) is 3.28. The van der Waals surface area contributed by atoms with Gasteiger partial charge in [0.1, 0.15) is 6.54 Å². The molecule has 1 amide bonds. The van der Waals surface area contributed by atoms with E-state index in [0.29, 0.717) is 6.54 Å². The van der Waals surface area contributed by atoms with Gasteiger partial charge in [0.05, 0.1) is 0 Å². The minimum Gasteiger partial charge on any atom is -0.350 e. The van der Waals surface area contributed by atoms with Gasteiger partial charge in [-0.25, -0.2) is 0 Å². The molecule has 0 unspecified atom stereocenters. The molecule has 0 bridgehead atoms. The molecule has 0 saturated heterocycles. The number of hydrogen-bond donors (Lipinski definition) is 1. The lowest BCUT2D eigenvalue weighted by atomic mass is 10.3. The van der Waals surface area contributed by atoms with Gasteiger partial charge in [-0.1, -0.05) is 0 Å². The lowest BCUT2D eigenvalue weighted by molar-refractivity contribution is -0.122. The fraction of sp³-hybridized carbons (Fsp3) is 0.182. The van der Waals surface area contributed by atoms with Crippen molar-refractivity contribution in [3.8, 4) is 0 Å². The predicted molar refractivity (Wildman–Crippen MR) is 58.3 cm³/mol. The molecule has 0 aromatic carbocycles. The number of carbonyl (C=O) groups excluding carboxylic acids is 1. The van der Waals surface area contributed by atoms with E-state index < -0.39 is 0 Å². The van der Waals surface area contributed by atoms with Crippen molar-refractivity contribution in [1.82, 2.24) is 20.1 Å². The zero-order valence-corrected chi connectivity index (χ0v) is 8.71. The van der Waals surface area contributed by atoms with Crippen molar-refractivity contribution in [2.75, 3.05) is 0 Å². The summed E-state index contributed by atoms with van der Waals surface area (Å²) < 4.78 is 1.59. The second kappa shape index (κ2) is 5.06. The summed E-state index contributed by atoms with van der Waals surface area (Å²) in [6, 6.07) is 5.53. The van der Waals surface area contributed by atoms with Crippen LogP contribution in [0, 0.1) is 0 Å². The molecule has 0 aliphatic heterocycles. The highest BCUT2D eigenvalue weighted by Crippen LogP contribution is 1.94. The van der Waals surface area contributed by atoms with E-state index in [1.807, 2.05) is 12.1 Å². The summed E-state index contributed by atoms with van der Waals surface area (Å²) in [4.78, 5) is 15.4. The van der Waals surface area contributed by atoms with Crippen LogP contribution in [0.25, 0.3) is 0 Å². The van der Waals surface area contributed by atoms with Crippen molar-refractivity contribution >= 4 is 5.91 Å². The number of amides is 1. The van der Waals surface area contributed by atoms with Crippen LogP contribution in [0.15, 0.2) is 43.0 Å². The number of carbonyl (C=O) groups is 1. The molecule has 0 saturated carbocycles. The average molecular weight is 216 g/mol. The van der Waals surface area contributed by atoms with Crippen LogP contribution in [-0.4, -0.2) is 20.7 Å². The van der Waals surface area contributed by atoms with Crippen molar-refractivity contribution < 1.29 is 4.79 Å². The molecule has 0 atom stereocenters. The molecule has 5 heteroatoms. The van der Waals surface area contributed by atoms with Crippen LogP contribution in [0.4, 0.5) is 0 Å². The SMILES string of the molecule is O=C(Cn1cccn1)NCc1ccncc1. The Morgan fingerprint density at radius 1 is 1.31 bits per heavy atom. The first kappa shape index (κ1) is 10.4. The van der Waals surface area contributed by atoms with Crippen molar-refractivity contribution in [2.24, 2.45) is 0 Å². The molecule has 16 heavy (non-hydrogen) atoms. The summed E-state index contributed by atoms with van der Waals surface area (Å²) in [6.45, 7) is 0.765. The Morgan fingerprint density at radius 3 is 2.81 bits per heavy atom. The molecule has 2 aromatic heterocycles. The van der Waals surface area contributed by atoms with Crippen molar-refractivity contribution in [3.63, 3.8) is 0 Å². The first-order valence-electron chi connectivity index (χ1n) is 4.97. The number of rotatable bonds is 4. The molecule has 0 aliphatic carbocycles. The smallest absolute Gasteiger partial charge is 0.241 e. The maximum absolute atomic E-state index is 11.5. The van der Waals surface area contributed by atoms with Gasteiger partial charge in [-0.3, -0.25) is 14.5 Å². The van der Waals surface area contributed by atoms with Crippen LogP contribution >= 0.6 is 0 Å². The fourth-order valence-electron chi connectivity index (χ4n) is 1.30. The van der Waals surface area contributed by atoms with Gasteiger partial charge in [0.2, 0.25) is 5.91 Å². The van der Waals surface area contributed by atoms with Crippen LogP contribution in [-0.2, 0) is 17.9 Å². The Balaban J connectivity index is 1.80. The predicted octanol–water partition coefficient (Wildman–Crippen LogP) is 0.594. The zero-order chi connectivity index (χ0) is 11.2. The van der Waals surface area contributed by atoms with Gasteiger partial charge < -0.3 is 5.32 Å². The highest BCUT2D eigenvalue weighted by molar-refractivity contribution is 5.75. The third kappa shape index (κ3) is 2.91. The Labute approximate surface area is 93.1 Å². The first-order chi connectivity index (χ1) is 7.84. The summed E-state index contributed by atoms with van der Waals surface area (Å²) >= 11 is 0. The number of nitrogens with zero attached hydrogens (tertiary/aromatic N) is 3. The molecule has 0 fully saturated rings. The molecule has 2 rings (SSSR count). The molecule has 0 spiro atoms. The molecule has 5 nitrogen and oxygen atoms in total. The molecule has 2 aromatic rings. The zero-order valence-electron chi connectivity index (χ0n) is 8.71. The third-order valence-corrected chi connectivity index (χ3v) is 2.10.